The van der Waals surface area contributed by atoms with Crippen molar-refractivity contribution in [3.05, 3.63) is 53.3 Å². The van der Waals surface area contributed by atoms with Crippen LogP contribution in [0.25, 0.3) is 0 Å². The molecule has 0 aromatic heterocycles. The summed E-state index contributed by atoms with van der Waals surface area (Å²) in [5, 5.41) is 2.73. The van der Waals surface area contributed by atoms with E-state index < -0.39 is 5.82 Å². The van der Waals surface area contributed by atoms with Crippen molar-refractivity contribution in [1.82, 2.24) is 0 Å². The fourth-order valence-electron chi connectivity index (χ4n) is 1.74. The number of hydrogen-bond acceptors (Lipinski definition) is 3. The molecule has 0 saturated carbocycles. The quantitative estimate of drug-likeness (QED) is 0.669. The summed E-state index contributed by atoms with van der Waals surface area (Å²) in [7, 11) is 0. The van der Waals surface area contributed by atoms with E-state index >= 15 is 0 Å². The van der Waals surface area contributed by atoms with E-state index in [0.29, 0.717) is 11.3 Å². The fraction of sp³-hybridized carbons (Fsp3) is 0.133. The molecule has 104 valence electrons. The maximum atomic E-state index is 13.6. The van der Waals surface area contributed by atoms with E-state index in [9.17, 15) is 9.18 Å². The van der Waals surface area contributed by atoms with Gasteiger partial charge in [0.05, 0.1) is 0 Å². The Morgan fingerprint density at radius 1 is 1.30 bits per heavy atom. The minimum Gasteiger partial charge on any atom is -0.398 e. The summed E-state index contributed by atoms with van der Waals surface area (Å²) in [5.41, 5.74) is 7.18. The molecule has 0 aliphatic carbocycles. The lowest BCUT2D eigenvalue weighted by Crippen LogP contribution is -2.13. The van der Waals surface area contributed by atoms with Crippen molar-refractivity contribution in [2.75, 3.05) is 17.3 Å². The van der Waals surface area contributed by atoms with E-state index in [-0.39, 0.29) is 17.2 Å². The maximum absolute atomic E-state index is 13.6. The lowest BCUT2D eigenvalue weighted by molar-refractivity contribution is 0.102. The Bertz CT molecular complexity index is 635. The summed E-state index contributed by atoms with van der Waals surface area (Å²) in [5.74, 6) is -0.859. The Hall–Kier alpha value is -2.01. The molecule has 0 aliphatic heterocycles. The lowest BCUT2D eigenvalue weighted by atomic mass is 10.1. The fourth-order valence-corrected chi connectivity index (χ4v) is 2.19. The van der Waals surface area contributed by atoms with Crippen LogP contribution in [0.15, 0.2) is 41.3 Å². The third kappa shape index (κ3) is 3.11. The first-order valence-electron chi connectivity index (χ1n) is 6.02. The summed E-state index contributed by atoms with van der Waals surface area (Å²) in [4.78, 5) is 13.1. The van der Waals surface area contributed by atoms with Gasteiger partial charge in [0.15, 0.2) is 0 Å². The Labute approximate surface area is 121 Å². The Balaban J connectivity index is 2.23. The number of benzene rings is 2. The van der Waals surface area contributed by atoms with Crippen LogP contribution in [0.3, 0.4) is 0 Å². The standard InChI is InChI=1S/C15H15FN2OS/c1-9-13(16)6-10(7-14(9)17)15(19)18-11-4-3-5-12(8-11)20-2/h3-8H,17H2,1-2H3,(H,18,19). The van der Waals surface area contributed by atoms with E-state index in [4.69, 9.17) is 5.73 Å². The number of nitrogens with one attached hydrogen (secondary N) is 1. The minimum atomic E-state index is -0.479. The second-order valence-corrected chi connectivity index (χ2v) is 5.24. The molecule has 3 nitrogen and oxygen atoms in total. The third-order valence-corrected chi connectivity index (χ3v) is 3.70. The summed E-state index contributed by atoms with van der Waals surface area (Å²) < 4.78 is 13.6. The molecule has 2 aromatic carbocycles. The average Bonchev–Trinajstić information content (AvgIpc) is 2.44. The van der Waals surface area contributed by atoms with Crippen molar-refractivity contribution >= 4 is 29.0 Å². The van der Waals surface area contributed by atoms with Gasteiger partial charge in [-0.15, -0.1) is 11.8 Å². The van der Waals surface area contributed by atoms with Crippen molar-refractivity contribution in [2.45, 2.75) is 11.8 Å². The maximum Gasteiger partial charge on any atom is 0.255 e. The molecule has 0 spiro atoms. The summed E-state index contributed by atoms with van der Waals surface area (Å²) >= 11 is 1.58. The molecule has 2 rings (SSSR count). The normalized spacial score (nSPS) is 10.3. The molecule has 0 unspecified atom stereocenters. The Kier molecular flexibility index (Phi) is 4.29. The lowest BCUT2D eigenvalue weighted by Gasteiger charge is -2.09. The SMILES string of the molecule is CSc1cccc(NC(=O)c2cc(N)c(C)c(F)c2)c1. The summed E-state index contributed by atoms with van der Waals surface area (Å²) in [6.45, 7) is 1.58. The van der Waals surface area contributed by atoms with Crippen LogP contribution in [0.2, 0.25) is 0 Å². The van der Waals surface area contributed by atoms with Gasteiger partial charge in [0, 0.05) is 27.4 Å². The molecule has 1 amide bonds. The first kappa shape index (κ1) is 14.4. The van der Waals surface area contributed by atoms with E-state index in [1.165, 1.54) is 12.1 Å². The predicted octanol–water partition coefficient (Wildman–Crippen LogP) is 3.69. The van der Waals surface area contributed by atoms with Gasteiger partial charge in [-0.25, -0.2) is 4.39 Å². The van der Waals surface area contributed by atoms with Gasteiger partial charge in [0.25, 0.3) is 5.91 Å². The number of thioether (sulfide) groups is 1. The Morgan fingerprint density at radius 3 is 2.70 bits per heavy atom. The van der Waals surface area contributed by atoms with Crippen molar-refractivity contribution in [3.8, 4) is 0 Å². The van der Waals surface area contributed by atoms with Crippen molar-refractivity contribution in [2.24, 2.45) is 0 Å². The van der Waals surface area contributed by atoms with Gasteiger partial charge in [0.1, 0.15) is 5.82 Å². The number of amides is 1. The van der Waals surface area contributed by atoms with Crippen LogP contribution in [0.4, 0.5) is 15.8 Å². The highest BCUT2D eigenvalue weighted by molar-refractivity contribution is 7.98. The van der Waals surface area contributed by atoms with Gasteiger partial charge < -0.3 is 11.1 Å². The van der Waals surface area contributed by atoms with Crippen LogP contribution in [0, 0.1) is 12.7 Å². The van der Waals surface area contributed by atoms with E-state index in [2.05, 4.69) is 5.32 Å². The van der Waals surface area contributed by atoms with Gasteiger partial charge in [-0.3, -0.25) is 4.79 Å². The zero-order valence-electron chi connectivity index (χ0n) is 11.2. The first-order valence-corrected chi connectivity index (χ1v) is 7.24. The number of anilines is 2. The molecular weight excluding hydrogens is 275 g/mol. The Morgan fingerprint density at radius 2 is 2.05 bits per heavy atom. The van der Waals surface area contributed by atoms with Gasteiger partial charge in [-0.1, -0.05) is 6.07 Å². The van der Waals surface area contributed by atoms with Crippen LogP contribution in [-0.2, 0) is 0 Å². The van der Waals surface area contributed by atoms with Crippen molar-refractivity contribution < 1.29 is 9.18 Å². The van der Waals surface area contributed by atoms with Gasteiger partial charge in [-0.05, 0) is 43.5 Å². The van der Waals surface area contributed by atoms with Crippen LogP contribution in [0.1, 0.15) is 15.9 Å². The van der Waals surface area contributed by atoms with Crippen LogP contribution >= 0.6 is 11.8 Å². The molecule has 0 saturated heterocycles. The van der Waals surface area contributed by atoms with Gasteiger partial charge >= 0.3 is 0 Å². The average molecular weight is 290 g/mol. The number of carbonyl (C=O) groups is 1. The second-order valence-electron chi connectivity index (χ2n) is 4.36. The van der Waals surface area contributed by atoms with E-state index in [0.717, 1.165) is 4.90 Å². The van der Waals surface area contributed by atoms with E-state index in [1.54, 1.807) is 24.8 Å². The van der Waals surface area contributed by atoms with Crippen LogP contribution < -0.4 is 11.1 Å². The monoisotopic (exact) mass is 290 g/mol. The molecule has 0 fully saturated rings. The van der Waals surface area contributed by atoms with E-state index in [1.807, 2.05) is 24.5 Å². The highest BCUT2D eigenvalue weighted by Crippen LogP contribution is 2.21. The number of rotatable bonds is 3. The molecule has 3 N–H and O–H groups in total. The van der Waals surface area contributed by atoms with Crippen LogP contribution in [0.5, 0.6) is 0 Å². The smallest absolute Gasteiger partial charge is 0.255 e. The number of carbonyl (C=O) groups excluding carboxylic acids is 1. The summed E-state index contributed by atoms with van der Waals surface area (Å²) in [6, 6.07) is 10.1. The minimum absolute atomic E-state index is 0.208. The topological polar surface area (TPSA) is 55.1 Å². The van der Waals surface area contributed by atoms with Gasteiger partial charge in [-0.2, -0.15) is 0 Å². The highest BCUT2D eigenvalue weighted by atomic mass is 32.2. The number of halogens is 1. The number of nitrogens with two attached hydrogens (primary N) is 1. The third-order valence-electron chi connectivity index (χ3n) is 2.97. The molecule has 5 heteroatoms. The molecular formula is C15H15FN2OS. The number of hydrogen-bond donors (Lipinski definition) is 2. The number of nitrogen functional groups attached to an aromatic ring is 1. The molecule has 2 aromatic rings. The summed E-state index contributed by atoms with van der Waals surface area (Å²) in [6.07, 6.45) is 1.96. The van der Waals surface area contributed by atoms with Crippen molar-refractivity contribution in [1.29, 1.82) is 0 Å². The highest BCUT2D eigenvalue weighted by Gasteiger charge is 2.11. The molecule has 0 heterocycles. The molecule has 0 aliphatic rings. The predicted molar refractivity (Wildman–Crippen MR) is 81.7 cm³/mol. The van der Waals surface area contributed by atoms with Gasteiger partial charge in [0.2, 0.25) is 0 Å². The molecule has 0 radical (unpaired) electrons. The van der Waals surface area contributed by atoms with Crippen molar-refractivity contribution in [3.63, 3.8) is 0 Å². The first-order chi connectivity index (χ1) is 9.51. The largest absolute Gasteiger partial charge is 0.398 e. The molecule has 20 heavy (non-hydrogen) atoms. The van der Waals surface area contributed by atoms with Crippen LogP contribution in [-0.4, -0.2) is 12.2 Å². The molecule has 0 bridgehead atoms. The zero-order valence-corrected chi connectivity index (χ0v) is 12.1. The second kappa shape index (κ2) is 5.96. The molecule has 0 atom stereocenters. The zero-order chi connectivity index (χ0) is 14.7.